The summed E-state index contributed by atoms with van der Waals surface area (Å²) in [5.74, 6) is 0. The number of benzene rings is 1. The van der Waals surface area contributed by atoms with Crippen LogP contribution in [0.4, 0.5) is 0 Å². The van der Waals surface area contributed by atoms with Gasteiger partial charge in [-0.1, -0.05) is 30.3 Å². The summed E-state index contributed by atoms with van der Waals surface area (Å²) in [6.07, 6.45) is 4.08. The molecule has 0 bridgehead atoms. The zero-order chi connectivity index (χ0) is 14.5. The van der Waals surface area contributed by atoms with Gasteiger partial charge in [0.2, 0.25) is 0 Å². The molecule has 1 fully saturated rings. The van der Waals surface area contributed by atoms with Crippen molar-refractivity contribution in [2.75, 3.05) is 26.2 Å². The number of hydrogen-bond acceptors (Lipinski definition) is 3. The van der Waals surface area contributed by atoms with Crippen LogP contribution >= 0.6 is 0 Å². The van der Waals surface area contributed by atoms with Crippen LogP contribution < -0.4 is 5.32 Å². The first kappa shape index (κ1) is 14.3. The maximum Gasteiger partial charge on any atom is 0.0492 e. The van der Waals surface area contributed by atoms with Crippen molar-refractivity contribution in [2.45, 2.75) is 18.9 Å². The third kappa shape index (κ3) is 3.71. The molecule has 0 spiro atoms. The Morgan fingerprint density at radius 1 is 1.24 bits per heavy atom. The van der Waals surface area contributed by atoms with Crippen LogP contribution in [0.25, 0.3) is 0 Å². The Kier molecular flexibility index (Phi) is 4.68. The van der Waals surface area contributed by atoms with E-state index in [1.54, 1.807) is 0 Å². The molecule has 112 valence electrons. The van der Waals surface area contributed by atoms with Crippen molar-refractivity contribution >= 4 is 0 Å². The fourth-order valence-corrected chi connectivity index (χ4v) is 3.09. The molecule has 0 saturated carbocycles. The standard InChI is InChI=1S/C17H24N4/c1-20-16(7-9-19-20)8-11-21-12-10-18-14-17(21)13-15-5-3-2-4-6-15/h2-7,9,17-18H,8,10-14H2,1H3. The van der Waals surface area contributed by atoms with Crippen molar-refractivity contribution in [3.63, 3.8) is 0 Å². The Morgan fingerprint density at radius 2 is 2.10 bits per heavy atom. The van der Waals surface area contributed by atoms with E-state index in [-0.39, 0.29) is 0 Å². The van der Waals surface area contributed by atoms with Gasteiger partial charge in [-0.3, -0.25) is 9.58 Å². The number of aromatic nitrogens is 2. The van der Waals surface area contributed by atoms with Gasteiger partial charge in [0.15, 0.2) is 0 Å². The van der Waals surface area contributed by atoms with Crippen LogP contribution in [-0.2, 0) is 19.9 Å². The molecule has 0 aliphatic carbocycles. The molecule has 1 N–H and O–H groups in total. The number of nitrogens with zero attached hydrogens (tertiary/aromatic N) is 3. The van der Waals surface area contributed by atoms with Crippen LogP contribution in [-0.4, -0.2) is 46.9 Å². The van der Waals surface area contributed by atoms with Crippen molar-refractivity contribution in [2.24, 2.45) is 7.05 Å². The second-order valence-electron chi connectivity index (χ2n) is 5.78. The average molecular weight is 284 g/mol. The second kappa shape index (κ2) is 6.87. The van der Waals surface area contributed by atoms with Crippen LogP contribution in [0.2, 0.25) is 0 Å². The van der Waals surface area contributed by atoms with E-state index in [1.165, 1.54) is 11.3 Å². The van der Waals surface area contributed by atoms with E-state index in [2.05, 4.69) is 51.7 Å². The first-order valence-electron chi connectivity index (χ1n) is 7.78. The van der Waals surface area contributed by atoms with E-state index < -0.39 is 0 Å². The summed E-state index contributed by atoms with van der Waals surface area (Å²) in [5.41, 5.74) is 2.74. The van der Waals surface area contributed by atoms with Crippen molar-refractivity contribution < 1.29 is 0 Å². The smallest absolute Gasteiger partial charge is 0.0492 e. The maximum atomic E-state index is 4.25. The largest absolute Gasteiger partial charge is 0.314 e. The van der Waals surface area contributed by atoms with Crippen molar-refractivity contribution in [1.29, 1.82) is 0 Å². The van der Waals surface area contributed by atoms with Gasteiger partial charge in [0.25, 0.3) is 0 Å². The van der Waals surface area contributed by atoms with Gasteiger partial charge in [-0.15, -0.1) is 0 Å². The normalized spacial score (nSPS) is 19.8. The molecule has 1 unspecified atom stereocenters. The molecule has 1 aromatic heterocycles. The number of aryl methyl sites for hydroxylation is 1. The first-order valence-corrected chi connectivity index (χ1v) is 7.78. The molecule has 1 aliphatic heterocycles. The predicted octanol–water partition coefficient (Wildman–Crippen LogP) is 1.48. The zero-order valence-electron chi connectivity index (χ0n) is 12.7. The number of rotatable bonds is 5. The van der Waals surface area contributed by atoms with E-state index in [9.17, 15) is 0 Å². The predicted molar refractivity (Wildman–Crippen MR) is 85.3 cm³/mol. The molecule has 0 amide bonds. The molecule has 4 nitrogen and oxygen atoms in total. The van der Waals surface area contributed by atoms with Crippen LogP contribution in [0, 0.1) is 0 Å². The van der Waals surface area contributed by atoms with Crippen LogP contribution in [0.15, 0.2) is 42.6 Å². The van der Waals surface area contributed by atoms with Crippen LogP contribution in [0.1, 0.15) is 11.3 Å². The molecule has 3 rings (SSSR count). The minimum Gasteiger partial charge on any atom is -0.314 e. The van der Waals surface area contributed by atoms with Crippen LogP contribution in [0.3, 0.4) is 0 Å². The lowest BCUT2D eigenvalue weighted by Gasteiger charge is -2.36. The van der Waals surface area contributed by atoms with E-state index in [4.69, 9.17) is 0 Å². The summed E-state index contributed by atoms with van der Waals surface area (Å²) in [5, 5.41) is 7.78. The highest BCUT2D eigenvalue weighted by molar-refractivity contribution is 5.16. The second-order valence-corrected chi connectivity index (χ2v) is 5.78. The van der Waals surface area contributed by atoms with Crippen molar-refractivity contribution in [1.82, 2.24) is 20.0 Å². The Hall–Kier alpha value is -1.65. The zero-order valence-corrected chi connectivity index (χ0v) is 12.7. The summed E-state index contributed by atoms with van der Waals surface area (Å²) in [6, 6.07) is 13.5. The van der Waals surface area contributed by atoms with E-state index >= 15 is 0 Å². The van der Waals surface area contributed by atoms with Gasteiger partial charge in [0, 0.05) is 57.6 Å². The first-order chi connectivity index (χ1) is 10.3. The van der Waals surface area contributed by atoms with Gasteiger partial charge in [0.1, 0.15) is 0 Å². The molecule has 1 aliphatic rings. The fourth-order valence-electron chi connectivity index (χ4n) is 3.09. The minimum atomic E-state index is 0.592. The number of hydrogen-bond donors (Lipinski definition) is 1. The molecule has 1 atom stereocenters. The van der Waals surface area contributed by atoms with E-state index in [0.29, 0.717) is 6.04 Å². The average Bonchev–Trinajstić information content (AvgIpc) is 2.93. The highest BCUT2D eigenvalue weighted by atomic mass is 15.3. The summed E-state index contributed by atoms with van der Waals surface area (Å²) in [7, 11) is 2.02. The number of nitrogens with one attached hydrogen (secondary N) is 1. The lowest BCUT2D eigenvalue weighted by atomic mass is 10.0. The summed E-state index contributed by atoms with van der Waals surface area (Å²) >= 11 is 0. The number of piperazine rings is 1. The Bertz CT molecular complexity index is 549. The SMILES string of the molecule is Cn1nccc1CCN1CCNCC1Cc1ccccc1. The third-order valence-corrected chi connectivity index (χ3v) is 4.36. The third-order valence-electron chi connectivity index (χ3n) is 4.36. The topological polar surface area (TPSA) is 33.1 Å². The molecule has 21 heavy (non-hydrogen) atoms. The molecular weight excluding hydrogens is 260 g/mol. The summed E-state index contributed by atoms with van der Waals surface area (Å²) in [4.78, 5) is 2.62. The Labute approximate surface area is 126 Å². The quantitative estimate of drug-likeness (QED) is 0.903. The Balaban J connectivity index is 1.60. The van der Waals surface area contributed by atoms with Gasteiger partial charge < -0.3 is 5.32 Å². The summed E-state index contributed by atoms with van der Waals surface area (Å²) in [6.45, 7) is 4.42. The highest BCUT2D eigenvalue weighted by Gasteiger charge is 2.22. The van der Waals surface area contributed by atoms with Gasteiger partial charge in [-0.25, -0.2) is 0 Å². The lowest BCUT2D eigenvalue weighted by Crippen LogP contribution is -2.52. The molecule has 2 heterocycles. The van der Waals surface area contributed by atoms with Gasteiger partial charge in [-0.05, 0) is 18.1 Å². The maximum absolute atomic E-state index is 4.25. The summed E-state index contributed by atoms with van der Waals surface area (Å²) < 4.78 is 1.98. The lowest BCUT2D eigenvalue weighted by molar-refractivity contribution is 0.161. The molecule has 0 radical (unpaired) electrons. The van der Waals surface area contributed by atoms with Crippen LogP contribution in [0.5, 0.6) is 0 Å². The molecule has 1 aromatic carbocycles. The van der Waals surface area contributed by atoms with Crippen molar-refractivity contribution in [3.8, 4) is 0 Å². The van der Waals surface area contributed by atoms with Gasteiger partial charge >= 0.3 is 0 Å². The Morgan fingerprint density at radius 3 is 2.86 bits per heavy atom. The van der Waals surface area contributed by atoms with Gasteiger partial charge in [0.05, 0.1) is 0 Å². The van der Waals surface area contributed by atoms with E-state index in [1.807, 2.05) is 17.9 Å². The highest BCUT2D eigenvalue weighted by Crippen LogP contribution is 2.12. The molecular formula is C17H24N4. The molecule has 4 heteroatoms. The minimum absolute atomic E-state index is 0.592. The van der Waals surface area contributed by atoms with Gasteiger partial charge in [-0.2, -0.15) is 5.10 Å². The molecule has 1 saturated heterocycles. The fraction of sp³-hybridized carbons (Fsp3) is 0.471. The molecule has 2 aromatic rings. The van der Waals surface area contributed by atoms with E-state index in [0.717, 1.165) is 39.0 Å². The van der Waals surface area contributed by atoms with Crippen molar-refractivity contribution in [3.05, 3.63) is 53.9 Å². The monoisotopic (exact) mass is 284 g/mol.